The Balaban J connectivity index is 1.41. The molecule has 4 aromatic carbocycles. The molecule has 4 rings (SSSR count). The summed E-state index contributed by atoms with van der Waals surface area (Å²) in [6.07, 6.45) is 2.30. The molecule has 0 aliphatic heterocycles. The number of carbonyl (C=O) groups excluding carboxylic acids is 2. The lowest BCUT2D eigenvalue weighted by molar-refractivity contribution is -0.125. The Bertz CT molecular complexity index is 1240. The molecule has 0 fully saturated rings. The molecule has 31 heavy (non-hydrogen) atoms. The highest BCUT2D eigenvalue weighted by Gasteiger charge is 2.09. The lowest BCUT2D eigenvalue weighted by Crippen LogP contribution is -2.19. The van der Waals surface area contributed by atoms with E-state index < -0.39 is 0 Å². The zero-order chi connectivity index (χ0) is 21.6. The molecule has 0 spiro atoms. The summed E-state index contributed by atoms with van der Waals surface area (Å²) in [6.45, 7) is 0. The summed E-state index contributed by atoms with van der Waals surface area (Å²) in [5.41, 5.74) is 4.45. The maximum Gasteiger partial charge on any atom is 0.240 e. The maximum atomic E-state index is 12.2. The number of nitrogens with zero attached hydrogens (tertiary/aromatic N) is 1. The first-order chi connectivity index (χ1) is 15.1. The molecule has 0 unspecified atom stereocenters. The SMILES string of the molecule is O=C(CCC(=O)N/N=C/c1c2ccccc2cc2ccccc12)Cc1cccc(Br)c1. The van der Waals surface area contributed by atoms with E-state index in [0.717, 1.165) is 37.1 Å². The first-order valence-electron chi connectivity index (χ1n) is 10.1. The number of hydrogen-bond acceptors (Lipinski definition) is 3. The molecule has 4 aromatic rings. The van der Waals surface area contributed by atoms with Gasteiger partial charge in [0.25, 0.3) is 0 Å². The molecule has 154 valence electrons. The quantitative estimate of drug-likeness (QED) is 0.210. The van der Waals surface area contributed by atoms with Gasteiger partial charge in [0.1, 0.15) is 5.78 Å². The van der Waals surface area contributed by atoms with E-state index in [1.165, 1.54) is 0 Å². The van der Waals surface area contributed by atoms with Crippen molar-refractivity contribution in [1.29, 1.82) is 0 Å². The van der Waals surface area contributed by atoms with Crippen LogP contribution in [0.5, 0.6) is 0 Å². The van der Waals surface area contributed by atoms with E-state index in [9.17, 15) is 9.59 Å². The van der Waals surface area contributed by atoms with Crippen LogP contribution >= 0.6 is 15.9 Å². The molecular weight excluding hydrogens is 452 g/mol. The summed E-state index contributed by atoms with van der Waals surface area (Å²) in [7, 11) is 0. The Labute approximate surface area is 189 Å². The summed E-state index contributed by atoms with van der Waals surface area (Å²) in [4.78, 5) is 24.4. The fourth-order valence-electron chi connectivity index (χ4n) is 3.63. The van der Waals surface area contributed by atoms with E-state index >= 15 is 0 Å². The van der Waals surface area contributed by atoms with Gasteiger partial charge in [-0.15, -0.1) is 0 Å². The van der Waals surface area contributed by atoms with Crippen LogP contribution in [0.1, 0.15) is 24.0 Å². The number of nitrogens with one attached hydrogen (secondary N) is 1. The highest BCUT2D eigenvalue weighted by molar-refractivity contribution is 9.10. The third-order valence-corrected chi connectivity index (χ3v) is 5.61. The molecule has 0 saturated carbocycles. The second kappa shape index (κ2) is 9.67. The van der Waals surface area contributed by atoms with Gasteiger partial charge in [0.2, 0.25) is 5.91 Å². The van der Waals surface area contributed by atoms with E-state index in [0.29, 0.717) is 6.42 Å². The first kappa shape index (κ1) is 20.9. The maximum absolute atomic E-state index is 12.2. The van der Waals surface area contributed by atoms with Crippen molar-refractivity contribution in [2.75, 3.05) is 0 Å². The third kappa shape index (κ3) is 5.25. The molecule has 0 atom stereocenters. The van der Waals surface area contributed by atoms with Gasteiger partial charge in [0, 0.05) is 29.3 Å². The number of Topliss-reactive ketones (excluding diaryl/α,β-unsaturated/α-hetero) is 1. The van der Waals surface area contributed by atoms with Crippen molar-refractivity contribution in [2.45, 2.75) is 19.3 Å². The van der Waals surface area contributed by atoms with E-state index in [4.69, 9.17) is 0 Å². The molecule has 0 aliphatic rings. The predicted molar refractivity (Wildman–Crippen MR) is 129 cm³/mol. The molecule has 0 radical (unpaired) electrons. The summed E-state index contributed by atoms with van der Waals surface area (Å²) in [6, 6.07) is 26.0. The Morgan fingerprint density at radius 2 is 1.52 bits per heavy atom. The van der Waals surface area contributed by atoms with Gasteiger partial charge in [0.15, 0.2) is 0 Å². The van der Waals surface area contributed by atoms with E-state index in [1.54, 1.807) is 6.21 Å². The van der Waals surface area contributed by atoms with Crippen LogP contribution in [0, 0.1) is 0 Å². The zero-order valence-corrected chi connectivity index (χ0v) is 18.4. The second-order valence-corrected chi connectivity index (χ2v) is 8.29. The van der Waals surface area contributed by atoms with Crippen LogP contribution < -0.4 is 5.43 Å². The van der Waals surface area contributed by atoms with Crippen molar-refractivity contribution < 1.29 is 9.59 Å². The van der Waals surface area contributed by atoms with Crippen molar-refractivity contribution >= 4 is 55.4 Å². The van der Waals surface area contributed by atoms with Crippen molar-refractivity contribution in [3.05, 3.63) is 94.5 Å². The molecular formula is C26H21BrN2O2. The average Bonchev–Trinajstić information content (AvgIpc) is 2.77. The smallest absolute Gasteiger partial charge is 0.240 e. The highest BCUT2D eigenvalue weighted by Crippen LogP contribution is 2.27. The number of hydrazone groups is 1. The largest absolute Gasteiger partial charge is 0.299 e. The van der Waals surface area contributed by atoms with Crippen LogP contribution in [-0.2, 0) is 16.0 Å². The number of ketones is 1. The number of hydrogen-bond donors (Lipinski definition) is 1. The number of carbonyl (C=O) groups is 2. The van der Waals surface area contributed by atoms with Crippen LogP contribution in [0.3, 0.4) is 0 Å². The van der Waals surface area contributed by atoms with Crippen molar-refractivity contribution in [2.24, 2.45) is 5.10 Å². The van der Waals surface area contributed by atoms with E-state index in [2.05, 4.69) is 44.7 Å². The normalized spacial score (nSPS) is 11.3. The lowest BCUT2D eigenvalue weighted by Gasteiger charge is -2.08. The Hall–Kier alpha value is -3.31. The first-order valence-corrected chi connectivity index (χ1v) is 10.9. The summed E-state index contributed by atoms with van der Waals surface area (Å²) < 4.78 is 0.936. The molecule has 0 aliphatic carbocycles. The van der Waals surface area contributed by atoms with Gasteiger partial charge in [-0.05, 0) is 45.3 Å². The second-order valence-electron chi connectivity index (χ2n) is 7.37. The van der Waals surface area contributed by atoms with Gasteiger partial charge in [0.05, 0.1) is 6.21 Å². The van der Waals surface area contributed by atoms with Gasteiger partial charge in [-0.1, -0.05) is 76.6 Å². The van der Waals surface area contributed by atoms with Gasteiger partial charge in [-0.25, -0.2) is 5.43 Å². The molecule has 4 nitrogen and oxygen atoms in total. The predicted octanol–water partition coefficient (Wildman–Crippen LogP) is 5.80. The highest BCUT2D eigenvalue weighted by atomic mass is 79.9. The van der Waals surface area contributed by atoms with Crippen molar-refractivity contribution in [3.63, 3.8) is 0 Å². The van der Waals surface area contributed by atoms with E-state index in [-0.39, 0.29) is 24.5 Å². The Morgan fingerprint density at radius 3 is 2.19 bits per heavy atom. The van der Waals surface area contributed by atoms with Gasteiger partial charge < -0.3 is 0 Å². The number of halogens is 1. The topological polar surface area (TPSA) is 58.5 Å². The fraction of sp³-hybridized carbons (Fsp3) is 0.115. The monoisotopic (exact) mass is 472 g/mol. The van der Waals surface area contributed by atoms with Crippen molar-refractivity contribution in [3.8, 4) is 0 Å². The Morgan fingerprint density at radius 1 is 0.839 bits per heavy atom. The summed E-state index contributed by atoms with van der Waals surface area (Å²) >= 11 is 3.40. The summed E-state index contributed by atoms with van der Waals surface area (Å²) in [5.74, 6) is -0.249. The number of fused-ring (bicyclic) bond motifs is 2. The molecule has 1 N–H and O–H groups in total. The average molecular weight is 473 g/mol. The van der Waals surface area contributed by atoms with Crippen LogP contribution in [-0.4, -0.2) is 17.9 Å². The number of benzene rings is 4. The number of amides is 1. The van der Waals surface area contributed by atoms with E-state index in [1.807, 2.05) is 60.7 Å². The molecule has 0 aromatic heterocycles. The standard InChI is InChI=1S/C26H21BrN2O2/c27-21-9-5-6-18(14-21)15-22(30)12-13-26(31)29-28-17-25-23-10-3-1-7-19(23)16-20-8-2-4-11-24(20)25/h1-11,14,16-17H,12-13,15H2,(H,29,31)/b28-17+. The van der Waals surface area contributed by atoms with Crippen LogP contribution in [0.25, 0.3) is 21.5 Å². The summed E-state index contributed by atoms with van der Waals surface area (Å²) in [5, 5.41) is 8.55. The van der Waals surface area contributed by atoms with Crippen molar-refractivity contribution in [1.82, 2.24) is 5.43 Å². The minimum absolute atomic E-state index is 0.0253. The van der Waals surface area contributed by atoms with Crippen LogP contribution in [0.4, 0.5) is 0 Å². The van der Waals surface area contributed by atoms with Crippen LogP contribution in [0.15, 0.2) is 88.4 Å². The lowest BCUT2D eigenvalue weighted by atomic mass is 9.97. The minimum atomic E-state index is -0.275. The molecule has 0 bridgehead atoms. The molecule has 0 heterocycles. The molecule has 1 amide bonds. The van der Waals surface area contributed by atoms with Gasteiger partial charge >= 0.3 is 0 Å². The third-order valence-electron chi connectivity index (χ3n) is 5.12. The fourth-order valence-corrected chi connectivity index (χ4v) is 4.08. The number of rotatable bonds is 7. The molecule has 5 heteroatoms. The zero-order valence-electron chi connectivity index (χ0n) is 16.8. The van der Waals surface area contributed by atoms with Gasteiger partial charge in [-0.2, -0.15) is 5.10 Å². The van der Waals surface area contributed by atoms with Crippen LogP contribution in [0.2, 0.25) is 0 Å². The molecule has 0 saturated heterocycles. The van der Waals surface area contributed by atoms with Gasteiger partial charge in [-0.3, -0.25) is 9.59 Å². The Kier molecular flexibility index (Phi) is 6.53. The minimum Gasteiger partial charge on any atom is -0.299 e.